The topological polar surface area (TPSA) is 68.5 Å². The van der Waals surface area contributed by atoms with E-state index in [1.807, 2.05) is 6.92 Å². The number of carboxylic acids is 1. The first-order chi connectivity index (χ1) is 14.3. The molecule has 30 heavy (non-hydrogen) atoms. The number of carbonyl (C=O) groups is 1. The Morgan fingerprint density at radius 3 is 2.20 bits per heavy atom. The molecule has 0 aliphatic carbocycles. The third kappa shape index (κ3) is 4.12. The van der Waals surface area contributed by atoms with Crippen molar-refractivity contribution >= 4 is 40.8 Å². The minimum atomic E-state index is -1.33. The minimum absolute atomic E-state index is 0.106. The molecule has 0 unspecified atom stereocenters. The van der Waals surface area contributed by atoms with Crippen LogP contribution >= 0.6 is 34.8 Å². The van der Waals surface area contributed by atoms with Crippen LogP contribution in [0.3, 0.4) is 0 Å². The number of carboxylic acid groups (broad SMARTS) is 1. The van der Waals surface area contributed by atoms with Gasteiger partial charge in [0, 0.05) is 24.2 Å². The van der Waals surface area contributed by atoms with Crippen LogP contribution < -0.4 is 5.43 Å². The molecule has 3 rings (SSSR count). The number of halogens is 3. The van der Waals surface area contributed by atoms with Crippen LogP contribution in [0.2, 0.25) is 15.1 Å². The van der Waals surface area contributed by atoms with E-state index in [1.54, 1.807) is 47.0 Å². The molecule has 1 N–H and O–H groups in total. The second-order valence-electron chi connectivity index (χ2n) is 6.49. The van der Waals surface area contributed by atoms with Crippen LogP contribution in [0.1, 0.15) is 23.0 Å². The molecule has 8 heteroatoms. The first-order valence-corrected chi connectivity index (χ1v) is 10.2. The predicted molar refractivity (Wildman–Crippen MR) is 120 cm³/mol. The average Bonchev–Trinajstić information content (AvgIpc) is 2.71. The van der Waals surface area contributed by atoms with E-state index in [2.05, 4.69) is 0 Å². The molecule has 1 aromatic heterocycles. The summed E-state index contributed by atoms with van der Waals surface area (Å²) in [7, 11) is 1.51. The summed E-state index contributed by atoms with van der Waals surface area (Å²) in [4.78, 5) is 25.7. The molecule has 0 aliphatic heterocycles. The van der Waals surface area contributed by atoms with Crippen LogP contribution in [0.25, 0.3) is 22.4 Å². The first kappa shape index (κ1) is 22.4. The third-order valence-corrected chi connectivity index (χ3v) is 5.70. The van der Waals surface area contributed by atoms with Gasteiger partial charge in [-0.1, -0.05) is 53.0 Å². The van der Waals surface area contributed by atoms with Gasteiger partial charge >= 0.3 is 5.97 Å². The van der Waals surface area contributed by atoms with Crippen LogP contribution in [-0.4, -0.2) is 22.8 Å². The Morgan fingerprint density at radius 2 is 1.67 bits per heavy atom. The molecule has 0 bridgehead atoms. The Hall–Kier alpha value is -2.31. The number of pyridine rings is 1. The Labute approximate surface area is 188 Å². The smallest absolute Gasteiger partial charge is 0.341 e. The molecule has 3 aromatic rings. The second-order valence-corrected chi connectivity index (χ2v) is 7.74. The number of aromatic carboxylic acids is 1. The van der Waals surface area contributed by atoms with Crippen molar-refractivity contribution in [3.63, 3.8) is 0 Å². The molecule has 0 atom stereocenters. The van der Waals surface area contributed by atoms with Crippen molar-refractivity contribution in [2.24, 2.45) is 0 Å². The van der Waals surface area contributed by atoms with Crippen LogP contribution in [0, 0.1) is 0 Å². The van der Waals surface area contributed by atoms with Crippen LogP contribution in [-0.2, 0) is 17.9 Å². The Kier molecular flexibility index (Phi) is 6.88. The summed E-state index contributed by atoms with van der Waals surface area (Å²) in [6.45, 7) is 2.37. The lowest BCUT2D eigenvalue weighted by Gasteiger charge is -2.23. The van der Waals surface area contributed by atoms with Crippen LogP contribution in [0.5, 0.6) is 0 Å². The molecule has 0 radical (unpaired) electrons. The lowest BCUT2D eigenvalue weighted by Crippen LogP contribution is -2.26. The molecule has 0 saturated carbocycles. The van der Waals surface area contributed by atoms with Gasteiger partial charge in [-0.25, -0.2) is 4.79 Å². The van der Waals surface area contributed by atoms with Crippen molar-refractivity contribution in [3.05, 3.63) is 79.0 Å². The quantitative estimate of drug-likeness (QED) is 0.483. The molecule has 0 spiro atoms. The number of rotatable bonds is 6. The fraction of sp³-hybridized carbons (Fsp3) is 0.182. The summed E-state index contributed by atoms with van der Waals surface area (Å²) in [5, 5.41) is 11.1. The largest absolute Gasteiger partial charge is 0.477 e. The molecular weight excluding hydrogens is 449 g/mol. The number of methoxy groups -OCH3 is 1. The highest BCUT2D eigenvalue weighted by atomic mass is 35.5. The lowest BCUT2D eigenvalue weighted by atomic mass is 9.96. The van der Waals surface area contributed by atoms with Gasteiger partial charge in [0.1, 0.15) is 5.56 Å². The standard InChI is InChI=1S/C22H18Cl3NO4/c1-3-26-17(11-30-2)18(12-4-7-14(23)8-5-12)21(27)19(22(28)29)20(26)13-6-9-15(24)16(25)10-13/h4-10H,3,11H2,1-2H3,(H,28,29). The first-order valence-electron chi connectivity index (χ1n) is 9.03. The third-order valence-electron chi connectivity index (χ3n) is 4.71. The van der Waals surface area contributed by atoms with Gasteiger partial charge in [0.2, 0.25) is 5.43 Å². The van der Waals surface area contributed by atoms with Crippen molar-refractivity contribution in [2.75, 3.05) is 7.11 Å². The fourth-order valence-corrected chi connectivity index (χ4v) is 3.88. The van der Waals surface area contributed by atoms with Crippen LogP contribution in [0.15, 0.2) is 47.3 Å². The Balaban J connectivity index is 2.49. The zero-order valence-electron chi connectivity index (χ0n) is 16.2. The highest BCUT2D eigenvalue weighted by Gasteiger charge is 2.27. The maximum atomic E-state index is 13.5. The van der Waals surface area contributed by atoms with E-state index < -0.39 is 11.4 Å². The van der Waals surface area contributed by atoms with Crippen molar-refractivity contribution in [1.29, 1.82) is 0 Å². The molecular formula is C22H18Cl3NO4. The van der Waals surface area contributed by atoms with Crippen LogP contribution in [0.4, 0.5) is 0 Å². The number of aromatic nitrogens is 1. The van der Waals surface area contributed by atoms with Crippen molar-refractivity contribution in [1.82, 2.24) is 4.57 Å². The zero-order chi connectivity index (χ0) is 22.0. The lowest BCUT2D eigenvalue weighted by molar-refractivity contribution is 0.0695. The van der Waals surface area contributed by atoms with Gasteiger partial charge < -0.3 is 14.4 Å². The number of hydrogen-bond donors (Lipinski definition) is 1. The molecule has 1 heterocycles. The molecule has 0 fully saturated rings. The predicted octanol–water partition coefficient (Wildman–Crippen LogP) is 6.01. The fourth-order valence-electron chi connectivity index (χ4n) is 3.46. The number of hydrogen-bond acceptors (Lipinski definition) is 3. The maximum absolute atomic E-state index is 13.5. The number of benzene rings is 2. The van der Waals surface area contributed by atoms with E-state index >= 15 is 0 Å². The van der Waals surface area contributed by atoms with E-state index in [9.17, 15) is 14.7 Å². The molecule has 5 nitrogen and oxygen atoms in total. The van der Waals surface area contributed by atoms with E-state index in [4.69, 9.17) is 39.5 Å². The van der Waals surface area contributed by atoms with Gasteiger partial charge in [-0.2, -0.15) is 0 Å². The molecule has 0 aliphatic rings. The van der Waals surface area contributed by atoms with Gasteiger partial charge in [-0.05, 0) is 36.8 Å². The highest BCUT2D eigenvalue weighted by Crippen LogP contribution is 2.33. The summed E-state index contributed by atoms with van der Waals surface area (Å²) >= 11 is 18.2. The second kappa shape index (κ2) is 9.23. The summed E-state index contributed by atoms with van der Waals surface area (Å²) in [6, 6.07) is 11.4. The summed E-state index contributed by atoms with van der Waals surface area (Å²) < 4.78 is 7.13. The van der Waals surface area contributed by atoms with Gasteiger partial charge in [0.15, 0.2) is 0 Å². The minimum Gasteiger partial charge on any atom is -0.477 e. The van der Waals surface area contributed by atoms with Gasteiger partial charge in [0.05, 0.1) is 33.6 Å². The Bertz CT molecular complexity index is 1170. The average molecular weight is 467 g/mol. The van der Waals surface area contributed by atoms with E-state index in [0.29, 0.717) is 33.4 Å². The molecule has 0 amide bonds. The van der Waals surface area contributed by atoms with Gasteiger partial charge in [-0.15, -0.1) is 0 Å². The number of ether oxygens (including phenoxy) is 1. The molecule has 0 saturated heterocycles. The van der Waals surface area contributed by atoms with Gasteiger partial charge in [0.25, 0.3) is 0 Å². The molecule has 2 aromatic carbocycles. The summed E-state index contributed by atoms with van der Waals surface area (Å²) in [5.41, 5.74) is 1.14. The van der Waals surface area contributed by atoms with E-state index in [1.165, 1.54) is 7.11 Å². The monoisotopic (exact) mass is 465 g/mol. The van der Waals surface area contributed by atoms with Crippen molar-refractivity contribution in [2.45, 2.75) is 20.1 Å². The highest BCUT2D eigenvalue weighted by molar-refractivity contribution is 6.42. The molecule has 156 valence electrons. The van der Waals surface area contributed by atoms with E-state index in [-0.39, 0.29) is 28.5 Å². The van der Waals surface area contributed by atoms with Gasteiger partial charge in [-0.3, -0.25) is 4.79 Å². The van der Waals surface area contributed by atoms with E-state index in [0.717, 1.165) is 0 Å². The zero-order valence-corrected chi connectivity index (χ0v) is 18.5. The normalized spacial score (nSPS) is 11.0. The number of nitrogens with zero attached hydrogens (tertiary/aromatic N) is 1. The Morgan fingerprint density at radius 1 is 1.03 bits per heavy atom. The van der Waals surface area contributed by atoms with Crippen molar-refractivity contribution in [3.8, 4) is 22.4 Å². The SMILES string of the molecule is CCn1c(COC)c(-c2ccc(Cl)cc2)c(=O)c(C(=O)O)c1-c1ccc(Cl)c(Cl)c1. The summed E-state index contributed by atoms with van der Waals surface area (Å²) in [5.74, 6) is -1.33. The summed E-state index contributed by atoms with van der Waals surface area (Å²) in [6.07, 6.45) is 0. The van der Waals surface area contributed by atoms with Crippen molar-refractivity contribution < 1.29 is 14.6 Å². The maximum Gasteiger partial charge on any atom is 0.341 e.